The Bertz CT molecular complexity index is 416. The Balaban J connectivity index is 2.13. The van der Waals surface area contributed by atoms with Gasteiger partial charge in [0.15, 0.2) is 11.6 Å². The summed E-state index contributed by atoms with van der Waals surface area (Å²) in [6.45, 7) is 7.59. The molecule has 0 aliphatic heterocycles. The Labute approximate surface area is 108 Å². The van der Waals surface area contributed by atoms with Crippen molar-refractivity contribution in [1.29, 1.82) is 0 Å². The van der Waals surface area contributed by atoms with Crippen LogP contribution in [0.2, 0.25) is 0 Å². The number of rotatable bonds is 7. The first-order valence-electron chi connectivity index (χ1n) is 6.48. The van der Waals surface area contributed by atoms with Gasteiger partial charge in [-0.2, -0.15) is 0 Å². The van der Waals surface area contributed by atoms with Crippen LogP contribution in [0.5, 0.6) is 0 Å². The molecule has 98 valence electrons. The number of hydrogen-bond acceptors (Lipinski definition) is 3. The van der Waals surface area contributed by atoms with Crippen molar-refractivity contribution in [2.24, 2.45) is 0 Å². The van der Waals surface area contributed by atoms with Crippen LogP contribution in [0.3, 0.4) is 0 Å². The van der Waals surface area contributed by atoms with Crippen LogP contribution < -0.4 is 10.2 Å². The highest BCUT2D eigenvalue weighted by atomic mass is 19.1. The maximum atomic E-state index is 14.3. The number of pyridine rings is 1. The van der Waals surface area contributed by atoms with Crippen LogP contribution in [0.25, 0.3) is 0 Å². The standard InChI is InChI=1S/C14H20FN3/c1-3-9-18(4-2)14-13(15)11(7-8-16-14)10-17-12-5-6-12/h3,7-8,12,17H,1,4-6,9-10H2,2H3. The second-order valence-electron chi connectivity index (χ2n) is 4.59. The molecule has 1 heterocycles. The fourth-order valence-electron chi connectivity index (χ4n) is 1.89. The van der Waals surface area contributed by atoms with E-state index >= 15 is 0 Å². The van der Waals surface area contributed by atoms with E-state index in [1.807, 2.05) is 11.8 Å². The molecule has 1 saturated carbocycles. The van der Waals surface area contributed by atoms with Crippen molar-refractivity contribution in [3.8, 4) is 0 Å². The Morgan fingerprint density at radius 2 is 2.39 bits per heavy atom. The molecule has 0 bridgehead atoms. The quantitative estimate of drug-likeness (QED) is 0.752. The van der Waals surface area contributed by atoms with Crippen LogP contribution in [-0.2, 0) is 6.54 Å². The zero-order valence-electron chi connectivity index (χ0n) is 10.8. The number of nitrogens with one attached hydrogen (secondary N) is 1. The molecule has 0 spiro atoms. The summed E-state index contributed by atoms with van der Waals surface area (Å²) in [4.78, 5) is 6.02. The molecule has 1 aromatic rings. The fourth-order valence-corrected chi connectivity index (χ4v) is 1.89. The third-order valence-electron chi connectivity index (χ3n) is 3.14. The Morgan fingerprint density at radius 3 is 3.00 bits per heavy atom. The van der Waals surface area contributed by atoms with Gasteiger partial charge in [0, 0.05) is 37.4 Å². The van der Waals surface area contributed by atoms with Gasteiger partial charge in [-0.1, -0.05) is 6.08 Å². The third kappa shape index (κ3) is 3.07. The molecule has 18 heavy (non-hydrogen) atoms. The molecule has 1 aliphatic carbocycles. The van der Waals surface area contributed by atoms with Crippen LogP contribution >= 0.6 is 0 Å². The molecule has 2 rings (SSSR count). The van der Waals surface area contributed by atoms with E-state index in [-0.39, 0.29) is 5.82 Å². The van der Waals surface area contributed by atoms with Gasteiger partial charge in [0.25, 0.3) is 0 Å². The number of hydrogen-bond donors (Lipinski definition) is 1. The predicted octanol–water partition coefficient (Wildman–Crippen LogP) is 2.49. The van der Waals surface area contributed by atoms with Gasteiger partial charge >= 0.3 is 0 Å². The number of halogens is 1. The van der Waals surface area contributed by atoms with Gasteiger partial charge in [-0.25, -0.2) is 9.37 Å². The summed E-state index contributed by atoms with van der Waals surface area (Å²) in [7, 11) is 0. The van der Waals surface area contributed by atoms with E-state index in [1.54, 1.807) is 18.3 Å². The first kappa shape index (κ1) is 13.0. The SMILES string of the molecule is C=CCN(CC)c1nccc(CNC2CC2)c1F. The Hall–Kier alpha value is -1.42. The molecule has 0 radical (unpaired) electrons. The highest BCUT2D eigenvalue weighted by molar-refractivity contribution is 5.43. The minimum Gasteiger partial charge on any atom is -0.351 e. The van der Waals surface area contributed by atoms with Crippen molar-refractivity contribution in [2.45, 2.75) is 32.4 Å². The van der Waals surface area contributed by atoms with E-state index in [9.17, 15) is 4.39 Å². The van der Waals surface area contributed by atoms with Gasteiger partial charge in [0.05, 0.1) is 0 Å². The number of anilines is 1. The lowest BCUT2D eigenvalue weighted by molar-refractivity contribution is 0.577. The van der Waals surface area contributed by atoms with Gasteiger partial charge in [-0.15, -0.1) is 6.58 Å². The molecular weight excluding hydrogens is 229 g/mol. The zero-order chi connectivity index (χ0) is 13.0. The highest BCUT2D eigenvalue weighted by Gasteiger charge is 2.21. The van der Waals surface area contributed by atoms with Gasteiger partial charge in [-0.05, 0) is 25.8 Å². The monoisotopic (exact) mass is 249 g/mol. The lowest BCUT2D eigenvalue weighted by Crippen LogP contribution is -2.26. The molecule has 4 heteroatoms. The first-order chi connectivity index (χ1) is 8.76. The van der Waals surface area contributed by atoms with E-state index in [4.69, 9.17) is 0 Å². The molecule has 0 atom stereocenters. The Kier molecular flexibility index (Phi) is 4.31. The molecule has 1 aliphatic rings. The summed E-state index contributed by atoms with van der Waals surface area (Å²) in [5, 5.41) is 3.32. The van der Waals surface area contributed by atoms with Crippen molar-refractivity contribution in [3.05, 3.63) is 36.3 Å². The smallest absolute Gasteiger partial charge is 0.170 e. The van der Waals surface area contributed by atoms with Crippen LogP contribution in [0.4, 0.5) is 10.2 Å². The number of likely N-dealkylation sites (N-methyl/N-ethyl adjacent to an activating group) is 1. The molecule has 0 saturated heterocycles. The maximum Gasteiger partial charge on any atom is 0.170 e. The molecule has 1 N–H and O–H groups in total. The Morgan fingerprint density at radius 1 is 1.61 bits per heavy atom. The van der Waals surface area contributed by atoms with Crippen molar-refractivity contribution >= 4 is 5.82 Å². The average Bonchev–Trinajstić information content (AvgIpc) is 3.19. The summed E-state index contributed by atoms with van der Waals surface area (Å²) in [6.07, 6.45) is 5.85. The number of nitrogens with zero attached hydrogens (tertiary/aromatic N) is 2. The van der Waals surface area contributed by atoms with E-state index < -0.39 is 0 Å². The van der Waals surface area contributed by atoms with Crippen LogP contribution in [0, 0.1) is 5.82 Å². The molecular formula is C14H20FN3. The lowest BCUT2D eigenvalue weighted by Gasteiger charge is -2.21. The molecule has 0 amide bonds. The van der Waals surface area contributed by atoms with E-state index in [0.29, 0.717) is 30.5 Å². The first-order valence-corrected chi connectivity index (χ1v) is 6.48. The van der Waals surface area contributed by atoms with Gasteiger partial charge in [0.2, 0.25) is 0 Å². The molecule has 0 aromatic carbocycles. The fraction of sp³-hybridized carbons (Fsp3) is 0.500. The van der Waals surface area contributed by atoms with Gasteiger partial charge < -0.3 is 10.2 Å². The minimum absolute atomic E-state index is 0.214. The molecule has 0 unspecified atom stereocenters. The number of aromatic nitrogens is 1. The normalized spacial score (nSPS) is 14.6. The van der Waals surface area contributed by atoms with Crippen molar-refractivity contribution in [1.82, 2.24) is 10.3 Å². The lowest BCUT2D eigenvalue weighted by atomic mass is 10.2. The van der Waals surface area contributed by atoms with Crippen molar-refractivity contribution < 1.29 is 4.39 Å². The average molecular weight is 249 g/mol. The largest absolute Gasteiger partial charge is 0.351 e. The molecule has 3 nitrogen and oxygen atoms in total. The third-order valence-corrected chi connectivity index (χ3v) is 3.14. The second kappa shape index (κ2) is 5.96. The van der Waals surface area contributed by atoms with Crippen LogP contribution in [0.1, 0.15) is 25.3 Å². The van der Waals surface area contributed by atoms with Crippen molar-refractivity contribution in [2.75, 3.05) is 18.0 Å². The topological polar surface area (TPSA) is 28.2 Å². The van der Waals surface area contributed by atoms with Crippen LogP contribution in [0.15, 0.2) is 24.9 Å². The molecule has 1 fully saturated rings. The van der Waals surface area contributed by atoms with E-state index in [0.717, 1.165) is 6.54 Å². The summed E-state index contributed by atoms with van der Waals surface area (Å²) in [6, 6.07) is 2.33. The van der Waals surface area contributed by atoms with E-state index in [2.05, 4.69) is 16.9 Å². The maximum absolute atomic E-state index is 14.3. The predicted molar refractivity (Wildman–Crippen MR) is 72.1 cm³/mol. The molecule has 1 aromatic heterocycles. The summed E-state index contributed by atoms with van der Waals surface area (Å²) >= 11 is 0. The summed E-state index contributed by atoms with van der Waals surface area (Å²) < 4.78 is 14.3. The van der Waals surface area contributed by atoms with Crippen LogP contribution in [-0.4, -0.2) is 24.1 Å². The summed E-state index contributed by atoms with van der Waals surface area (Å²) in [5.41, 5.74) is 0.689. The minimum atomic E-state index is -0.214. The summed E-state index contributed by atoms with van der Waals surface area (Å²) in [5.74, 6) is 0.210. The second-order valence-corrected chi connectivity index (χ2v) is 4.59. The highest BCUT2D eigenvalue weighted by Crippen LogP contribution is 2.22. The zero-order valence-corrected chi connectivity index (χ0v) is 10.8. The van der Waals surface area contributed by atoms with Crippen molar-refractivity contribution in [3.63, 3.8) is 0 Å². The van der Waals surface area contributed by atoms with E-state index in [1.165, 1.54) is 12.8 Å². The van der Waals surface area contributed by atoms with Gasteiger partial charge in [0.1, 0.15) is 0 Å². The van der Waals surface area contributed by atoms with Gasteiger partial charge in [-0.3, -0.25) is 0 Å².